The maximum atomic E-state index is 6.10. The average molecular weight is 280 g/mol. The highest BCUT2D eigenvalue weighted by molar-refractivity contribution is 9.10. The van der Waals surface area contributed by atoms with Crippen molar-refractivity contribution in [2.75, 3.05) is 0 Å². The molecule has 0 bridgehead atoms. The second-order valence-corrected chi connectivity index (χ2v) is 4.98. The van der Waals surface area contributed by atoms with Crippen LogP contribution in [0.2, 0.25) is 0 Å². The van der Waals surface area contributed by atoms with Crippen LogP contribution in [-0.2, 0) is 0 Å². The van der Waals surface area contributed by atoms with Gasteiger partial charge in [0.15, 0.2) is 0 Å². The second kappa shape index (κ2) is 5.10. The van der Waals surface area contributed by atoms with E-state index >= 15 is 0 Å². The fourth-order valence-electron chi connectivity index (χ4n) is 1.10. The number of rotatable bonds is 1. The van der Waals surface area contributed by atoms with Crippen LogP contribution in [0.4, 0.5) is 0 Å². The van der Waals surface area contributed by atoms with Crippen LogP contribution in [-0.4, -0.2) is 4.98 Å². The van der Waals surface area contributed by atoms with E-state index in [1.54, 1.807) is 6.20 Å². The molecule has 0 saturated carbocycles. The largest absolute Gasteiger partial charge is 0.323 e. The first-order valence-electron chi connectivity index (χ1n) is 4.29. The molecule has 1 aromatic heterocycles. The maximum Gasteiger partial charge on any atom is 0.110 e. The highest BCUT2D eigenvalue weighted by Gasteiger charge is 2.23. The van der Waals surface area contributed by atoms with Crippen LogP contribution in [0.3, 0.4) is 0 Å². The number of hydrogen-bond donors (Lipinski definition) is 1. The van der Waals surface area contributed by atoms with E-state index in [4.69, 9.17) is 5.73 Å². The zero-order chi connectivity index (χ0) is 10.1. The fourth-order valence-corrected chi connectivity index (χ4v) is 1.59. The summed E-state index contributed by atoms with van der Waals surface area (Å²) in [5.41, 5.74) is 7.23. The molecule has 1 heterocycles. The van der Waals surface area contributed by atoms with E-state index in [0.29, 0.717) is 0 Å². The molecule has 0 fully saturated rings. The Kier molecular flexibility index (Phi) is 5.06. The van der Waals surface area contributed by atoms with Crippen LogP contribution < -0.4 is 5.73 Å². The van der Waals surface area contributed by atoms with Gasteiger partial charge >= 0.3 is 0 Å². The Hall–Kier alpha value is -0.120. The molecule has 80 valence electrons. The molecule has 0 saturated heterocycles. The lowest BCUT2D eigenvalue weighted by atomic mass is 9.84. The van der Waals surface area contributed by atoms with Gasteiger partial charge in [0.2, 0.25) is 0 Å². The molecule has 0 aromatic carbocycles. The average Bonchev–Trinajstić information content (AvgIpc) is 2.02. The van der Waals surface area contributed by atoms with Gasteiger partial charge in [0.1, 0.15) is 4.60 Å². The minimum atomic E-state index is 0. The standard InChI is InChI=1S/C10H15BrN2.ClH/c1-10(2,3)8(12)7-5-4-6-13-9(7)11;/h4-6,8H,12H2,1-3H3;1H/t8-;/m1./s1. The van der Waals surface area contributed by atoms with Gasteiger partial charge in [0.25, 0.3) is 0 Å². The first kappa shape index (κ1) is 13.9. The van der Waals surface area contributed by atoms with Crippen molar-refractivity contribution >= 4 is 28.3 Å². The molecule has 0 aliphatic rings. The zero-order valence-electron chi connectivity index (χ0n) is 8.62. The molecule has 4 heteroatoms. The van der Waals surface area contributed by atoms with E-state index in [1.165, 1.54) is 0 Å². The van der Waals surface area contributed by atoms with Gasteiger partial charge in [-0.3, -0.25) is 0 Å². The van der Waals surface area contributed by atoms with Gasteiger partial charge in [0, 0.05) is 17.8 Å². The summed E-state index contributed by atoms with van der Waals surface area (Å²) < 4.78 is 0.845. The number of nitrogens with two attached hydrogens (primary N) is 1. The Labute approximate surface area is 99.8 Å². The number of aromatic nitrogens is 1. The van der Waals surface area contributed by atoms with Crippen molar-refractivity contribution in [1.29, 1.82) is 0 Å². The van der Waals surface area contributed by atoms with Gasteiger partial charge in [0.05, 0.1) is 0 Å². The van der Waals surface area contributed by atoms with Crippen LogP contribution in [0.5, 0.6) is 0 Å². The predicted octanol–water partition coefficient (Wildman–Crippen LogP) is 3.31. The molecule has 2 N–H and O–H groups in total. The lowest BCUT2D eigenvalue weighted by Crippen LogP contribution is -2.26. The number of hydrogen-bond acceptors (Lipinski definition) is 2. The second-order valence-electron chi connectivity index (χ2n) is 4.23. The third kappa shape index (κ3) is 3.23. The first-order valence-corrected chi connectivity index (χ1v) is 5.08. The summed E-state index contributed by atoms with van der Waals surface area (Å²) in [6, 6.07) is 3.93. The maximum absolute atomic E-state index is 6.10. The molecule has 2 nitrogen and oxygen atoms in total. The third-order valence-corrected chi connectivity index (χ3v) is 2.72. The van der Waals surface area contributed by atoms with E-state index < -0.39 is 0 Å². The van der Waals surface area contributed by atoms with Gasteiger partial charge in [-0.1, -0.05) is 26.8 Å². The monoisotopic (exact) mass is 278 g/mol. The Bertz CT molecular complexity index is 296. The molecule has 1 aromatic rings. The highest BCUT2D eigenvalue weighted by atomic mass is 79.9. The van der Waals surface area contributed by atoms with Crippen LogP contribution in [0.25, 0.3) is 0 Å². The quantitative estimate of drug-likeness (QED) is 0.801. The van der Waals surface area contributed by atoms with E-state index in [9.17, 15) is 0 Å². The summed E-state index contributed by atoms with van der Waals surface area (Å²) in [7, 11) is 0. The number of nitrogens with zero attached hydrogens (tertiary/aromatic N) is 1. The first-order chi connectivity index (χ1) is 5.93. The molecule has 14 heavy (non-hydrogen) atoms. The summed E-state index contributed by atoms with van der Waals surface area (Å²) in [4.78, 5) is 4.15. The molecule has 0 aliphatic carbocycles. The normalized spacial score (nSPS) is 13.2. The van der Waals surface area contributed by atoms with Crippen molar-refractivity contribution in [3.63, 3.8) is 0 Å². The molecule has 1 atom stereocenters. The molecule has 1 rings (SSSR count). The Morgan fingerprint density at radius 2 is 2.00 bits per heavy atom. The lowest BCUT2D eigenvalue weighted by molar-refractivity contribution is 0.325. The van der Waals surface area contributed by atoms with Crippen molar-refractivity contribution in [3.8, 4) is 0 Å². The minimum absolute atomic E-state index is 0. The van der Waals surface area contributed by atoms with Crippen LogP contribution in [0.1, 0.15) is 32.4 Å². The summed E-state index contributed by atoms with van der Waals surface area (Å²) in [5, 5.41) is 0. The van der Waals surface area contributed by atoms with E-state index in [2.05, 4.69) is 41.7 Å². The predicted molar refractivity (Wildman–Crippen MR) is 65.6 cm³/mol. The van der Waals surface area contributed by atoms with Gasteiger partial charge in [-0.15, -0.1) is 12.4 Å². The Balaban J connectivity index is 0.00000169. The topological polar surface area (TPSA) is 38.9 Å². The number of pyridine rings is 1. The van der Waals surface area contributed by atoms with E-state index in [-0.39, 0.29) is 23.9 Å². The molecule has 0 unspecified atom stereocenters. The summed E-state index contributed by atoms with van der Waals surface area (Å²) in [5.74, 6) is 0. The molecular formula is C10H16BrClN2. The molecular weight excluding hydrogens is 263 g/mol. The molecule has 0 radical (unpaired) electrons. The van der Waals surface area contributed by atoms with Crippen molar-refractivity contribution in [2.45, 2.75) is 26.8 Å². The van der Waals surface area contributed by atoms with E-state index in [0.717, 1.165) is 10.2 Å². The van der Waals surface area contributed by atoms with Crippen molar-refractivity contribution in [2.24, 2.45) is 11.1 Å². The summed E-state index contributed by atoms with van der Waals surface area (Å²) >= 11 is 3.40. The minimum Gasteiger partial charge on any atom is -0.323 e. The summed E-state index contributed by atoms with van der Waals surface area (Å²) in [6.45, 7) is 6.37. The van der Waals surface area contributed by atoms with Crippen molar-refractivity contribution in [1.82, 2.24) is 4.98 Å². The third-order valence-electron chi connectivity index (χ3n) is 2.06. The SMILES string of the molecule is CC(C)(C)[C@H](N)c1cccnc1Br.Cl. The molecule has 0 amide bonds. The smallest absolute Gasteiger partial charge is 0.110 e. The van der Waals surface area contributed by atoms with Gasteiger partial charge < -0.3 is 5.73 Å². The fraction of sp³-hybridized carbons (Fsp3) is 0.500. The van der Waals surface area contributed by atoms with Gasteiger partial charge in [-0.25, -0.2) is 4.98 Å². The van der Waals surface area contributed by atoms with Gasteiger partial charge in [-0.05, 0) is 27.4 Å². The van der Waals surface area contributed by atoms with Gasteiger partial charge in [-0.2, -0.15) is 0 Å². The Morgan fingerprint density at radius 3 is 2.43 bits per heavy atom. The van der Waals surface area contributed by atoms with E-state index in [1.807, 2.05) is 12.1 Å². The van der Waals surface area contributed by atoms with Crippen LogP contribution >= 0.6 is 28.3 Å². The van der Waals surface area contributed by atoms with Crippen molar-refractivity contribution < 1.29 is 0 Å². The molecule has 0 aliphatic heterocycles. The molecule has 0 spiro atoms. The van der Waals surface area contributed by atoms with Crippen LogP contribution in [0.15, 0.2) is 22.9 Å². The lowest BCUT2D eigenvalue weighted by Gasteiger charge is -2.27. The van der Waals surface area contributed by atoms with Crippen LogP contribution in [0, 0.1) is 5.41 Å². The van der Waals surface area contributed by atoms with Crippen molar-refractivity contribution in [3.05, 3.63) is 28.5 Å². The summed E-state index contributed by atoms with van der Waals surface area (Å²) in [6.07, 6.45) is 1.75. The zero-order valence-corrected chi connectivity index (χ0v) is 11.0. The Morgan fingerprint density at radius 1 is 1.43 bits per heavy atom. The number of halogens is 2. The highest BCUT2D eigenvalue weighted by Crippen LogP contribution is 2.33.